The molecule has 0 aliphatic carbocycles. The standard InChI is InChI=1S/C9H15N3/c1-9(2,3)8-5-7(10-4)6-11-12-8/h5-6H,1-4H3,(H,10,12). The van der Waals surface area contributed by atoms with Gasteiger partial charge >= 0.3 is 0 Å². The molecule has 0 radical (unpaired) electrons. The number of anilines is 1. The van der Waals surface area contributed by atoms with E-state index in [4.69, 9.17) is 0 Å². The number of hydrogen-bond acceptors (Lipinski definition) is 3. The van der Waals surface area contributed by atoms with Crippen LogP contribution in [0.5, 0.6) is 0 Å². The Morgan fingerprint density at radius 3 is 2.50 bits per heavy atom. The van der Waals surface area contributed by atoms with Crippen LogP contribution in [0.1, 0.15) is 26.5 Å². The second kappa shape index (κ2) is 3.09. The molecule has 12 heavy (non-hydrogen) atoms. The molecule has 0 spiro atoms. The molecule has 0 aromatic carbocycles. The summed E-state index contributed by atoms with van der Waals surface area (Å²) in [4.78, 5) is 0. The third kappa shape index (κ3) is 1.94. The molecule has 1 heterocycles. The third-order valence-electron chi connectivity index (χ3n) is 1.71. The van der Waals surface area contributed by atoms with Crippen LogP contribution in [-0.2, 0) is 5.41 Å². The Kier molecular flexibility index (Phi) is 2.31. The summed E-state index contributed by atoms with van der Waals surface area (Å²) in [5.41, 5.74) is 2.09. The maximum Gasteiger partial charge on any atom is 0.0727 e. The maximum absolute atomic E-state index is 4.07. The predicted molar refractivity (Wildman–Crippen MR) is 50.3 cm³/mol. The number of nitrogens with one attached hydrogen (secondary N) is 1. The largest absolute Gasteiger partial charge is 0.387 e. The van der Waals surface area contributed by atoms with E-state index < -0.39 is 0 Å². The van der Waals surface area contributed by atoms with Gasteiger partial charge < -0.3 is 5.32 Å². The Hall–Kier alpha value is -1.12. The van der Waals surface area contributed by atoms with Crippen LogP contribution in [0.4, 0.5) is 5.69 Å². The van der Waals surface area contributed by atoms with Crippen LogP contribution in [-0.4, -0.2) is 17.2 Å². The van der Waals surface area contributed by atoms with Crippen molar-refractivity contribution in [3.63, 3.8) is 0 Å². The molecule has 3 heteroatoms. The molecule has 0 saturated heterocycles. The van der Waals surface area contributed by atoms with Gasteiger partial charge in [-0.1, -0.05) is 20.8 Å². The van der Waals surface area contributed by atoms with Gasteiger partial charge in [0.1, 0.15) is 0 Å². The molecule has 0 amide bonds. The van der Waals surface area contributed by atoms with E-state index in [1.165, 1.54) is 0 Å². The first-order chi connectivity index (χ1) is 5.54. The molecule has 0 unspecified atom stereocenters. The second-order valence-corrected chi connectivity index (χ2v) is 3.83. The Morgan fingerprint density at radius 1 is 1.33 bits per heavy atom. The maximum atomic E-state index is 4.07. The second-order valence-electron chi connectivity index (χ2n) is 3.83. The van der Waals surface area contributed by atoms with Crippen molar-refractivity contribution < 1.29 is 0 Å². The van der Waals surface area contributed by atoms with E-state index >= 15 is 0 Å². The van der Waals surface area contributed by atoms with Crippen LogP contribution in [0.15, 0.2) is 12.3 Å². The van der Waals surface area contributed by atoms with Crippen molar-refractivity contribution in [2.24, 2.45) is 0 Å². The van der Waals surface area contributed by atoms with E-state index in [2.05, 4.69) is 36.3 Å². The predicted octanol–water partition coefficient (Wildman–Crippen LogP) is 1.82. The molecule has 0 atom stereocenters. The van der Waals surface area contributed by atoms with Crippen molar-refractivity contribution in [1.29, 1.82) is 0 Å². The fraction of sp³-hybridized carbons (Fsp3) is 0.556. The van der Waals surface area contributed by atoms with Crippen molar-refractivity contribution in [2.45, 2.75) is 26.2 Å². The summed E-state index contributed by atoms with van der Waals surface area (Å²) in [6, 6.07) is 2.02. The smallest absolute Gasteiger partial charge is 0.0727 e. The van der Waals surface area contributed by atoms with E-state index in [1.807, 2.05) is 13.1 Å². The lowest BCUT2D eigenvalue weighted by Gasteiger charge is -2.16. The summed E-state index contributed by atoms with van der Waals surface area (Å²) in [6.45, 7) is 6.36. The van der Waals surface area contributed by atoms with Crippen molar-refractivity contribution in [3.8, 4) is 0 Å². The number of nitrogens with zero attached hydrogens (tertiary/aromatic N) is 2. The fourth-order valence-electron chi connectivity index (χ4n) is 0.870. The van der Waals surface area contributed by atoms with Crippen molar-refractivity contribution in [2.75, 3.05) is 12.4 Å². The SMILES string of the molecule is CNc1cnnc(C(C)(C)C)c1. The highest BCUT2D eigenvalue weighted by atomic mass is 15.1. The van der Waals surface area contributed by atoms with Gasteiger partial charge in [-0.05, 0) is 6.07 Å². The summed E-state index contributed by atoms with van der Waals surface area (Å²) in [5, 5.41) is 11.0. The van der Waals surface area contributed by atoms with Gasteiger partial charge in [0.25, 0.3) is 0 Å². The van der Waals surface area contributed by atoms with Crippen LogP contribution in [0.25, 0.3) is 0 Å². The number of hydrogen-bond donors (Lipinski definition) is 1. The lowest BCUT2D eigenvalue weighted by atomic mass is 9.92. The summed E-state index contributed by atoms with van der Waals surface area (Å²) in [7, 11) is 1.88. The molecule has 1 aromatic heterocycles. The average Bonchev–Trinajstić information content (AvgIpc) is 2.03. The van der Waals surface area contributed by atoms with Crippen molar-refractivity contribution in [1.82, 2.24) is 10.2 Å². The van der Waals surface area contributed by atoms with Crippen LogP contribution in [0, 0.1) is 0 Å². The normalized spacial score (nSPS) is 11.3. The first kappa shape index (κ1) is 8.97. The van der Waals surface area contributed by atoms with Crippen molar-refractivity contribution >= 4 is 5.69 Å². The lowest BCUT2D eigenvalue weighted by molar-refractivity contribution is 0.559. The topological polar surface area (TPSA) is 37.8 Å². The van der Waals surface area contributed by atoms with Gasteiger partial charge in [0.15, 0.2) is 0 Å². The Bertz CT molecular complexity index is 263. The van der Waals surface area contributed by atoms with Gasteiger partial charge in [-0.15, -0.1) is 0 Å². The van der Waals surface area contributed by atoms with Gasteiger partial charge in [-0.3, -0.25) is 0 Å². The Labute approximate surface area is 73.2 Å². The molecule has 1 rings (SSSR count). The lowest BCUT2D eigenvalue weighted by Crippen LogP contribution is -2.14. The first-order valence-corrected chi connectivity index (χ1v) is 4.05. The molecular weight excluding hydrogens is 150 g/mol. The molecule has 66 valence electrons. The van der Waals surface area contributed by atoms with Gasteiger partial charge in [-0.2, -0.15) is 10.2 Å². The van der Waals surface area contributed by atoms with E-state index in [9.17, 15) is 0 Å². The molecule has 0 aliphatic rings. The fourth-order valence-corrected chi connectivity index (χ4v) is 0.870. The molecular formula is C9H15N3. The van der Waals surface area contributed by atoms with Crippen LogP contribution in [0.2, 0.25) is 0 Å². The van der Waals surface area contributed by atoms with E-state index in [-0.39, 0.29) is 5.41 Å². The van der Waals surface area contributed by atoms with E-state index in [0.717, 1.165) is 11.4 Å². The zero-order valence-electron chi connectivity index (χ0n) is 8.05. The Morgan fingerprint density at radius 2 is 2.00 bits per heavy atom. The van der Waals surface area contributed by atoms with Gasteiger partial charge in [0.05, 0.1) is 17.6 Å². The summed E-state index contributed by atoms with van der Waals surface area (Å²) in [6.07, 6.45) is 1.72. The number of rotatable bonds is 1. The van der Waals surface area contributed by atoms with Gasteiger partial charge in [-0.25, -0.2) is 0 Å². The van der Waals surface area contributed by atoms with Crippen molar-refractivity contribution in [3.05, 3.63) is 18.0 Å². The Balaban J connectivity index is 3.02. The van der Waals surface area contributed by atoms with Crippen LogP contribution < -0.4 is 5.32 Å². The summed E-state index contributed by atoms with van der Waals surface area (Å²) in [5.74, 6) is 0. The highest BCUT2D eigenvalue weighted by Gasteiger charge is 2.15. The first-order valence-electron chi connectivity index (χ1n) is 4.05. The third-order valence-corrected chi connectivity index (χ3v) is 1.71. The highest BCUT2D eigenvalue weighted by molar-refractivity contribution is 5.41. The minimum atomic E-state index is 0.0693. The highest BCUT2D eigenvalue weighted by Crippen LogP contribution is 2.20. The van der Waals surface area contributed by atoms with Gasteiger partial charge in [0.2, 0.25) is 0 Å². The van der Waals surface area contributed by atoms with Crippen LogP contribution >= 0.6 is 0 Å². The average molecular weight is 165 g/mol. The zero-order valence-corrected chi connectivity index (χ0v) is 8.05. The molecule has 3 nitrogen and oxygen atoms in total. The summed E-state index contributed by atoms with van der Waals surface area (Å²) >= 11 is 0. The molecule has 1 N–H and O–H groups in total. The zero-order chi connectivity index (χ0) is 9.19. The molecule has 1 aromatic rings. The monoisotopic (exact) mass is 165 g/mol. The van der Waals surface area contributed by atoms with E-state index in [0.29, 0.717) is 0 Å². The van der Waals surface area contributed by atoms with E-state index in [1.54, 1.807) is 6.20 Å². The number of aromatic nitrogens is 2. The van der Waals surface area contributed by atoms with Gasteiger partial charge in [0, 0.05) is 12.5 Å². The minimum absolute atomic E-state index is 0.0693. The molecule has 0 bridgehead atoms. The van der Waals surface area contributed by atoms with Crippen LogP contribution in [0.3, 0.4) is 0 Å². The molecule has 0 aliphatic heterocycles. The molecule has 0 saturated carbocycles. The molecule has 0 fully saturated rings. The quantitative estimate of drug-likeness (QED) is 0.689. The summed E-state index contributed by atoms with van der Waals surface area (Å²) < 4.78 is 0. The minimum Gasteiger partial charge on any atom is -0.387 e.